The molecule has 2 heterocycles. The molecule has 2 rings (SSSR count). The van der Waals surface area contributed by atoms with E-state index >= 15 is 0 Å². The largest absolute Gasteiger partial charge is 0.294 e. The smallest absolute Gasteiger partial charge is 0.114 e. The fraction of sp³-hybridized carbons (Fsp3) is 0.700. The van der Waals surface area contributed by atoms with E-state index in [1.54, 1.807) is 4.68 Å². The molecule has 1 unspecified atom stereocenters. The Morgan fingerprint density at radius 2 is 2.33 bits per heavy atom. The molecule has 1 aromatic heterocycles. The zero-order chi connectivity index (χ0) is 11.0. The van der Waals surface area contributed by atoms with E-state index in [-0.39, 0.29) is 0 Å². The Balaban J connectivity index is 2.08. The SMILES string of the molecule is Cc1c(Cl)c(CN2CCC(F)C2)nn1C. The van der Waals surface area contributed by atoms with E-state index in [4.69, 9.17) is 11.6 Å². The summed E-state index contributed by atoms with van der Waals surface area (Å²) in [4.78, 5) is 2.05. The third kappa shape index (κ3) is 2.16. The number of aromatic nitrogens is 2. The van der Waals surface area contributed by atoms with Gasteiger partial charge in [-0.3, -0.25) is 9.58 Å². The minimum Gasteiger partial charge on any atom is -0.294 e. The molecule has 0 saturated carbocycles. The lowest BCUT2D eigenvalue weighted by Gasteiger charge is -2.12. The first-order chi connectivity index (χ1) is 7.08. The van der Waals surface area contributed by atoms with E-state index in [1.807, 2.05) is 14.0 Å². The Morgan fingerprint density at radius 1 is 1.60 bits per heavy atom. The van der Waals surface area contributed by atoms with E-state index in [2.05, 4.69) is 10.00 Å². The summed E-state index contributed by atoms with van der Waals surface area (Å²) in [6, 6.07) is 0. The van der Waals surface area contributed by atoms with Crippen molar-refractivity contribution in [2.24, 2.45) is 7.05 Å². The van der Waals surface area contributed by atoms with E-state index < -0.39 is 6.17 Å². The van der Waals surface area contributed by atoms with Gasteiger partial charge in [0.25, 0.3) is 0 Å². The summed E-state index contributed by atoms with van der Waals surface area (Å²) in [7, 11) is 1.87. The Labute approximate surface area is 93.8 Å². The minimum absolute atomic E-state index is 0.506. The normalized spacial score (nSPS) is 22.5. The fourth-order valence-electron chi connectivity index (χ4n) is 1.89. The van der Waals surface area contributed by atoms with Crippen LogP contribution >= 0.6 is 11.6 Å². The molecule has 1 aliphatic heterocycles. The molecule has 1 saturated heterocycles. The van der Waals surface area contributed by atoms with Gasteiger partial charge in [0.2, 0.25) is 0 Å². The van der Waals surface area contributed by atoms with Crippen molar-refractivity contribution in [3.8, 4) is 0 Å². The number of nitrogens with zero attached hydrogens (tertiary/aromatic N) is 3. The number of hydrogen-bond donors (Lipinski definition) is 0. The van der Waals surface area contributed by atoms with Gasteiger partial charge in [0.15, 0.2) is 0 Å². The summed E-state index contributed by atoms with van der Waals surface area (Å²) in [5, 5.41) is 5.03. The summed E-state index contributed by atoms with van der Waals surface area (Å²) >= 11 is 6.13. The first-order valence-corrected chi connectivity index (χ1v) is 5.50. The van der Waals surface area contributed by atoms with Crippen molar-refractivity contribution in [1.82, 2.24) is 14.7 Å². The molecule has 0 aromatic carbocycles. The highest BCUT2D eigenvalue weighted by Crippen LogP contribution is 2.22. The third-order valence-electron chi connectivity index (χ3n) is 2.92. The Kier molecular flexibility index (Phi) is 2.98. The predicted molar refractivity (Wildman–Crippen MR) is 57.7 cm³/mol. The average Bonchev–Trinajstić information content (AvgIpc) is 2.68. The number of rotatable bonds is 2. The van der Waals surface area contributed by atoms with Crippen LogP contribution in [0.4, 0.5) is 4.39 Å². The zero-order valence-electron chi connectivity index (χ0n) is 9.00. The van der Waals surface area contributed by atoms with Crippen LogP contribution in [-0.4, -0.2) is 33.9 Å². The van der Waals surface area contributed by atoms with Gasteiger partial charge in [-0.15, -0.1) is 0 Å². The summed E-state index contributed by atoms with van der Waals surface area (Å²) in [5.74, 6) is 0. The topological polar surface area (TPSA) is 21.1 Å². The zero-order valence-corrected chi connectivity index (χ0v) is 9.76. The van der Waals surface area contributed by atoms with E-state index in [0.717, 1.165) is 17.9 Å². The summed E-state index contributed by atoms with van der Waals surface area (Å²) in [6.45, 7) is 3.89. The van der Waals surface area contributed by atoms with Gasteiger partial charge < -0.3 is 0 Å². The molecule has 5 heteroatoms. The number of hydrogen-bond acceptors (Lipinski definition) is 2. The first kappa shape index (κ1) is 10.9. The highest BCUT2D eigenvalue weighted by Gasteiger charge is 2.23. The van der Waals surface area contributed by atoms with Gasteiger partial charge >= 0.3 is 0 Å². The van der Waals surface area contributed by atoms with Crippen LogP contribution in [-0.2, 0) is 13.6 Å². The maximum Gasteiger partial charge on any atom is 0.114 e. The Morgan fingerprint density at radius 3 is 2.80 bits per heavy atom. The highest BCUT2D eigenvalue weighted by molar-refractivity contribution is 6.31. The van der Waals surface area contributed by atoms with Crippen LogP contribution < -0.4 is 0 Å². The second kappa shape index (κ2) is 4.10. The van der Waals surface area contributed by atoms with Gasteiger partial charge in [0.1, 0.15) is 6.17 Å². The number of likely N-dealkylation sites (tertiary alicyclic amines) is 1. The van der Waals surface area contributed by atoms with Crippen LogP contribution in [0, 0.1) is 6.92 Å². The molecule has 15 heavy (non-hydrogen) atoms. The van der Waals surface area contributed by atoms with Gasteiger partial charge in [-0.1, -0.05) is 11.6 Å². The van der Waals surface area contributed by atoms with Crippen LogP contribution in [0.1, 0.15) is 17.8 Å². The van der Waals surface area contributed by atoms with Gasteiger partial charge in [0, 0.05) is 26.7 Å². The second-order valence-electron chi connectivity index (χ2n) is 4.09. The molecule has 84 valence electrons. The standard InChI is InChI=1S/C10H15ClFN3/c1-7-10(11)9(13-14(7)2)6-15-4-3-8(12)5-15/h8H,3-6H2,1-2H3. The van der Waals surface area contributed by atoms with Gasteiger partial charge in [-0.2, -0.15) is 5.10 Å². The van der Waals surface area contributed by atoms with Crippen LogP contribution in [0.2, 0.25) is 5.02 Å². The Hall–Kier alpha value is -0.610. The quantitative estimate of drug-likeness (QED) is 0.776. The van der Waals surface area contributed by atoms with Crippen molar-refractivity contribution in [3.05, 3.63) is 16.4 Å². The van der Waals surface area contributed by atoms with E-state index in [1.165, 1.54) is 0 Å². The molecule has 1 fully saturated rings. The van der Waals surface area contributed by atoms with Crippen molar-refractivity contribution >= 4 is 11.6 Å². The maximum atomic E-state index is 13.0. The lowest BCUT2D eigenvalue weighted by Crippen LogP contribution is -2.20. The summed E-state index contributed by atoms with van der Waals surface area (Å²) in [6.07, 6.45) is -0.0581. The van der Waals surface area contributed by atoms with Gasteiger partial charge in [-0.25, -0.2) is 4.39 Å². The third-order valence-corrected chi connectivity index (χ3v) is 3.41. The fourth-order valence-corrected chi connectivity index (χ4v) is 2.11. The van der Waals surface area contributed by atoms with Crippen molar-refractivity contribution in [2.45, 2.75) is 26.1 Å². The molecular formula is C10H15ClFN3. The molecule has 0 N–H and O–H groups in total. The average molecular weight is 232 g/mol. The highest BCUT2D eigenvalue weighted by atomic mass is 35.5. The lowest BCUT2D eigenvalue weighted by atomic mass is 10.3. The molecule has 0 amide bonds. The van der Waals surface area contributed by atoms with Crippen molar-refractivity contribution < 1.29 is 4.39 Å². The minimum atomic E-state index is -0.686. The molecule has 0 aliphatic carbocycles. The molecule has 0 bridgehead atoms. The van der Waals surface area contributed by atoms with Crippen molar-refractivity contribution in [2.75, 3.05) is 13.1 Å². The second-order valence-corrected chi connectivity index (χ2v) is 4.47. The monoisotopic (exact) mass is 231 g/mol. The molecule has 1 aliphatic rings. The van der Waals surface area contributed by atoms with Gasteiger partial charge in [0.05, 0.1) is 16.4 Å². The molecule has 0 radical (unpaired) electrons. The van der Waals surface area contributed by atoms with Crippen molar-refractivity contribution in [1.29, 1.82) is 0 Å². The first-order valence-electron chi connectivity index (χ1n) is 5.12. The van der Waals surface area contributed by atoms with E-state index in [9.17, 15) is 4.39 Å². The molecule has 3 nitrogen and oxygen atoms in total. The van der Waals surface area contributed by atoms with Crippen LogP contribution in [0.5, 0.6) is 0 Å². The van der Waals surface area contributed by atoms with Crippen LogP contribution in [0.3, 0.4) is 0 Å². The maximum absolute atomic E-state index is 13.0. The van der Waals surface area contributed by atoms with Gasteiger partial charge in [-0.05, 0) is 13.3 Å². The Bertz CT molecular complexity index is 364. The summed E-state index contributed by atoms with van der Waals surface area (Å²) in [5.41, 5.74) is 1.81. The van der Waals surface area contributed by atoms with E-state index in [0.29, 0.717) is 24.5 Å². The van der Waals surface area contributed by atoms with Crippen LogP contribution in [0.25, 0.3) is 0 Å². The molecule has 0 spiro atoms. The molecule has 1 aromatic rings. The molecule has 1 atom stereocenters. The number of alkyl halides is 1. The summed E-state index contributed by atoms with van der Waals surface area (Å²) < 4.78 is 14.7. The lowest BCUT2D eigenvalue weighted by molar-refractivity contribution is 0.279. The number of halogens is 2. The van der Waals surface area contributed by atoms with Crippen LogP contribution in [0.15, 0.2) is 0 Å². The van der Waals surface area contributed by atoms with Crippen molar-refractivity contribution in [3.63, 3.8) is 0 Å². The number of aryl methyl sites for hydroxylation is 1. The molecular weight excluding hydrogens is 217 g/mol. The predicted octanol–water partition coefficient (Wildman–Crippen LogP) is 1.93.